The van der Waals surface area contributed by atoms with E-state index in [1.807, 2.05) is 20.8 Å². The number of hydrogen-bond donors (Lipinski definition) is 2. The van der Waals surface area contributed by atoms with E-state index in [1.54, 1.807) is 31.2 Å². The molecular formula is C24H22ClF3IN9O2. The van der Waals surface area contributed by atoms with Crippen LogP contribution in [-0.2, 0) is 12.7 Å². The number of hydrogen-bond acceptors (Lipinski definition) is 7. The van der Waals surface area contributed by atoms with E-state index in [0.717, 1.165) is 8.25 Å². The number of alkyl halides is 3. The van der Waals surface area contributed by atoms with Gasteiger partial charge in [0.25, 0.3) is 17.6 Å². The van der Waals surface area contributed by atoms with Crippen molar-refractivity contribution in [3.8, 4) is 5.82 Å². The standard InChI is InChI=1S/C24H22ClF3IN9O2/c1-12-8-13(29)9-15(20(39)32-23(2,3)4)18(12)31-21(40)17-10-14(11-37-35-22(33-36-37)24(26,27)28)34-38(17)19-16(25)6-5-7-30-19/h5-10H,11H2,1-4H3,(H,31,40)(H,32,39). The Balaban J connectivity index is 1.74. The highest BCUT2D eigenvalue weighted by molar-refractivity contribution is 14.1. The molecule has 2 N–H and O–H groups in total. The summed E-state index contributed by atoms with van der Waals surface area (Å²) in [5.74, 6) is -2.36. The number of carbonyl (C=O) groups is 2. The Kier molecular flexibility index (Phi) is 8.16. The molecule has 2 amide bonds. The number of nitrogens with one attached hydrogen (secondary N) is 2. The van der Waals surface area contributed by atoms with Crippen LogP contribution in [0.15, 0.2) is 36.5 Å². The molecule has 1 aromatic carbocycles. The minimum absolute atomic E-state index is 0.0492. The van der Waals surface area contributed by atoms with Crippen LogP contribution in [0.5, 0.6) is 0 Å². The molecule has 11 nitrogen and oxygen atoms in total. The molecule has 0 aliphatic heterocycles. The van der Waals surface area contributed by atoms with Gasteiger partial charge in [-0.05, 0) is 91.4 Å². The summed E-state index contributed by atoms with van der Waals surface area (Å²) in [6.07, 6.45) is -3.33. The highest BCUT2D eigenvalue weighted by atomic mass is 127. The number of aromatic nitrogens is 7. The number of halogens is 5. The summed E-state index contributed by atoms with van der Waals surface area (Å²) in [4.78, 5) is 31.6. The van der Waals surface area contributed by atoms with E-state index < -0.39 is 23.4 Å². The topological polar surface area (TPSA) is 133 Å². The maximum Gasteiger partial charge on any atom is 0.455 e. The van der Waals surface area contributed by atoms with Gasteiger partial charge >= 0.3 is 6.18 Å². The van der Waals surface area contributed by atoms with Crippen LogP contribution >= 0.6 is 34.2 Å². The first-order chi connectivity index (χ1) is 18.6. The van der Waals surface area contributed by atoms with Crippen molar-refractivity contribution in [2.45, 2.75) is 46.0 Å². The molecule has 16 heteroatoms. The minimum Gasteiger partial charge on any atom is -0.347 e. The number of carbonyl (C=O) groups excluding carboxylic acids is 2. The Morgan fingerprint density at radius 1 is 1.10 bits per heavy atom. The lowest BCUT2D eigenvalue weighted by molar-refractivity contribution is -0.145. The number of tetrazole rings is 1. The molecule has 0 spiro atoms. The lowest BCUT2D eigenvalue weighted by Gasteiger charge is -2.22. The summed E-state index contributed by atoms with van der Waals surface area (Å²) in [5.41, 5.74) is 0.712. The van der Waals surface area contributed by atoms with Gasteiger partial charge < -0.3 is 10.6 Å². The average Bonchev–Trinajstić information content (AvgIpc) is 3.47. The zero-order chi connectivity index (χ0) is 29.4. The van der Waals surface area contributed by atoms with Crippen LogP contribution in [0, 0.1) is 10.5 Å². The Labute approximate surface area is 244 Å². The second-order valence-electron chi connectivity index (χ2n) is 9.69. The largest absolute Gasteiger partial charge is 0.455 e. The minimum atomic E-state index is -4.77. The number of aryl methyl sites for hydroxylation is 1. The van der Waals surface area contributed by atoms with Crippen molar-refractivity contribution in [2.75, 3.05) is 5.32 Å². The fraction of sp³-hybridized carbons (Fsp3) is 0.292. The second kappa shape index (κ2) is 11.1. The molecule has 0 unspecified atom stereocenters. The van der Waals surface area contributed by atoms with Crippen LogP contribution in [0.25, 0.3) is 5.82 Å². The van der Waals surface area contributed by atoms with Gasteiger partial charge in [0.05, 0.1) is 22.0 Å². The van der Waals surface area contributed by atoms with Crippen molar-refractivity contribution in [3.05, 3.63) is 73.5 Å². The van der Waals surface area contributed by atoms with Gasteiger partial charge in [-0.15, -0.1) is 10.2 Å². The molecule has 40 heavy (non-hydrogen) atoms. The van der Waals surface area contributed by atoms with Crippen molar-refractivity contribution in [1.29, 1.82) is 0 Å². The molecule has 210 valence electrons. The summed E-state index contributed by atoms with van der Waals surface area (Å²) in [7, 11) is 0. The van der Waals surface area contributed by atoms with Crippen molar-refractivity contribution in [2.24, 2.45) is 0 Å². The van der Waals surface area contributed by atoms with Crippen molar-refractivity contribution >= 4 is 51.7 Å². The molecule has 0 radical (unpaired) electrons. The van der Waals surface area contributed by atoms with Crippen LogP contribution in [0.1, 0.15) is 58.7 Å². The van der Waals surface area contributed by atoms with E-state index in [4.69, 9.17) is 11.6 Å². The number of rotatable bonds is 6. The maximum absolute atomic E-state index is 13.6. The number of pyridine rings is 1. The molecule has 0 saturated carbocycles. The SMILES string of the molecule is Cc1cc(I)cc(C(=O)NC(C)(C)C)c1NC(=O)c1cc(Cn2nnc(C(F)(F)F)n2)nn1-c1ncccc1Cl. The van der Waals surface area contributed by atoms with Gasteiger partial charge in [0.2, 0.25) is 0 Å². The Hall–Kier alpha value is -3.60. The Bertz CT molecular complexity index is 1600. The molecule has 3 aromatic heterocycles. The van der Waals surface area contributed by atoms with E-state index in [0.29, 0.717) is 10.4 Å². The molecule has 0 saturated heterocycles. The summed E-state index contributed by atoms with van der Waals surface area (Å²) < 4.78 is 40.7. The molecule has 0 bridgehead atoms. The predicted octanol–water partition coefficient (Wildman–Crippen LogP) is 4.67. The molecule has 4 rings (SSSR count). The van der Waals surface area contributed by atoms with Gasteiger partial charge in [-0.2, -0.15) is 23.1 Å². The van der Waals surface area contributed by atoms with Crippen LogP contribution < -0.4 is 10.6 Å². The van der Waals surface area contributed by atoms with E-state index in [-0.39, 0.29) is 45.9 Å². The van der Waals surface area contributed by atoms with Gasteiger partial charge in [-0.25, -0.2) is 9.67 Å². The normalized spacial score (nSPS) is 11.9. The number of amides is 2. The van der Waals surface area contributed by atoms with Gasteiger partial charge in [0.15, 0.2) is 5.82 Å². The second-order valence-corrected chi connectivity index (χ2v) is 11.3. The predicted molar refractivity (Wildman–Crippen MR) is 147 cm³/mol. The van der Waals surface area contributed by atoms with E-state index in [9.17, 15) is 22.8 Å². The Morgan fingerprint density at radius 2 is 1.82 bits per heavy atom. The molecular weight excluding hydrogens is 666 g/mol. The number of anilines is 1. The van der Waals surface area contributed by atoms with Gasteiger partial charge in [0, 0.05) is 15.3 Å². The quantitative estimate of drug-likeness (QED) is 0.282. The summed E-state index contributed by atoms with van der Waals surface area (Å²) in [6.45, 7) is 6.92. The third-order valence-electron chi connectivity index (χ3n) is 5.21. The van der Waals surface area contributed by atoms with Crippen LogP contribution in [0.2, 0.25) is 5.02 Å². The van der Waals surface area contributed by atoms with E-state index >= 15 is 0 Å². The number of nitrogens with zero attached hydrogens (tertiary/aromatic N) is 7. The highest BCUT2D eigenvalue weighted by Crippen LogP contribution is 2.27. The van der Waals surface area contributed by atoms with Gasteiger partial charge in [0.1, 0.15) is 12.2 Å². The van der Waals surface area contributed by atoms with Crippen LogP contribution in [0.3, 0.4) is 0 Å². The van der Waals surface area contributed by atoms with Crippen molar-refractivity contribution in [1.82, 2.24) is 40.3 Å². The molecule has 3 heterocycles. The van der Waals surface area contributed by atoms with Crippen LogP contribution in [-0.4, -0.2) is 52.3 Å². The van der Waals surface area contributed by atoms with E-state index in [2.05, 4.69) is 58.7 Å². The summed E-state index contributed by atoms with van der Waals surface area (Å²) in [5, 5.41) is 19.9. The molecule has 0 aliphatic carbocycles. The fourth-order valence-corrected chi connectivity index (χ4v) is 4.59. The highest BCUT2D eigenvalue weighted by Gasteiger charge is 2.37. The van der Waals surface area contributed by atoms with Crippen molar-refractivity contribution < 1.29 is 22.8 Å². The molecule has 4 aromatic rings. The zero-order valence-electron chi connectivity index (χ0n) is 21.5. The monoisotopic (exact) mass is 687 g/mol. The molecule has 0 atom stereocenters. The van der Waals surface area contributed by atoms with Gasteiger partial charge in [-0.1, -0.05) is 11.6 Å². The molecule has 0 aliphatic rings. The smallest absolute Gasteiger partial charge is 0.347 e. The third-order valence-corrected chi connectivity index (χ3v) is 6.13. The third kappa shape index (κ3) is 6.75. The number of benzene rings is 1. The first-order valence-corrected chi connectivity index (χ1v) is 13.1. The first-order valence-electron chi connectivity index (χ1n) is 11.6. The zero-order valence-corrected chi connectivity index (χ0v) is 24.4. The Morgan fingerprint density at radius 3 is 2.45 bits per heavy atom. The first kappa shape index (κ1) is 29.4. The molecule has 0 fully saturated rings. The van der Waals surface area contributed by atoms with Gasteiger partial charge in [-0.3, -0.25) is 9.59 Å². The summed E-state index contributed by atoms with van der Waals surface area (Å²) >= 11 is 8.40. The van der Waals surface area contributed by atoms with Crippen LogP contribution in [0.4, 0.5) is 18.9 Å². The lowest BCUT2D eigenvalue weighted by Crippen LogP contribution is -2.41. The average molecular weight is 688 g/mol. The summed E-state index contributed by atoms with van der Waals surface area (Å²) in [6, 6.07) is 7.92. The lowest BCUT2D eigenvalue weighted by atomic mass is 10.0. The fourth-order valence-electron chi connectivity index (χ4n) is 3.61. The van der Waals surface area contributed by atoms with E-state index in [1.165, 1.54) is 12.3 Å². The maximum atomic E-state index is 13.6. The van der Waals surface area contributed by atoms with Crippen molar-refractivity contribution in [3.63, 3.8) is 0 Å².